The standard InChI is InChI=1S/C9H17ClN2O/c1-9(2,3)12-5-4-6(10)7(12)8(11)13/h6-7H,4-5H2,1-3H3,(H2,11,13)/t6-,7+/m1/s1. The molecule has 1 aliphatic rings. The molecule has 1 aliphatic heterocycles. The summed E-state index contributed by atoms with van der Waals surface area (Å²) < 4.78 is 0. The van der Waals surface area contributed by atoms with E-state index in [9.17, 15) is 4.79 Å². The zero-order valence-electron chi connectivity index (χ0n) is 8.38. The van der Waals surface area contributed by atoms with Crippen molar-refractivity contribution in [2.45, 2.75) is 44.1 Å². The normalized spacial score (nSPS) is 30.8. The highest BCUT2D eigenvalue weighted by Crippen LogP contribution is 2.29. The van der Waals surface area contributed by atoms with Crippen LogP contribution in [-0.4, -0.2) is 34.3 Å². The summed E-state index contributed by atoms with van der Waals surface area (Å²) in [6.45, 7) is 7.05. The number of nitrogens with zero attached hydrogens (tertiary/aromatic N) is 1. The van der Waals surface area contributed by atoms with Crippen LogP contribution in [-0.2, 0) is 4.79 Å². The lowest BCUT2D eigenvalue weighted by Gasteiger charge is -2.35. The fourth-order valence-electron chi connectivity index (χ4n) is 1.84. The molecular weight excluding hydrogens is 188 g/mol. The van der Waals surface area contributed by atoms with Crippen molar-refractivity contribution in [1.82, 2.24) is 4.90 Å². The van der Waals surface area contributed by atoms with Crippen LogP contribution in [0.5, 0.6) is 0 Å². The van der Waals surface area contributed by atoms with Gasteiger partial charge in [-0.1, -0.05) is 0 Å². The van der Waals surface area contributed by atoms with E-state index in [-0.39, 0.29) is 22.9 Å². The second kappa shape index (κ2) is 3.46. The molecule has 0 spiro atoms. The van der Waals surface area contributed by atoms with E-state index in [1.807, 2.05) is 0 Å². The molecule has 1 rings (SSSR count). The predicted octanol–water partition coefficient (Wildman–Crippen LogP) is 0.952. The molecule has 4 heteroatoms. The zero-order valence-corrected chi connectivity index (χ0v) is 9.14. The van der Waals surface area contributed by atoms with Crippen LogP contribution in [0.4, 0.5) is 0 Å². The SMILES string of the molecule is CC(C)(C)N1CC[C@@H](Cl)[C@H]1C(N)=O. The highest BCUT2D eigenvalue weighted by atomic mass is 35.5. The molecule has 76 valence electrons. The third kappa shape index (κ3) is 2.15. The summed E-state index contributed by atoms with van der Waals surface area (Å²) >= 11 is 6.03. The fraction of sp³-hybridized carbons (Fsp3) is 0.889. The van der Waals surface area contributed by atoms with Gasteiger partial charge in [-0.15, -0.1) is 11.6 Å². The minimum atomic E-state index is -0.313. The van der Waals surface area contributed by atoms with E-state index in [0.29, 0.717) is 0 Å². The van der Waals surface area contributed by atoms with Crippen LogP contribution in [0.3, 0.4) is 0 Å². The van der Waals surface area contributed by atoms with Gasteiger partial charge >= 0.3 is 0 Å². The maximum absolute atomic E-state index is 11.2. The fourth-order valence-corrected chi connectivity index (χ4v) is 2.20. The molecule has 0 aromatic rings. The average Bonchev–Trinajstić information content (AvgIpc) is 2.28. The third-order valence-electron chi connectivity index (χ3n) is 2.48. The summed E-state index contributed by atoms with van der Waals surface area (Å²) in [7, 11) is 0. The van der Waals surface area contributed by atoms with E-state index >= 15 is 0 Å². The first-order chi connectivity index (χ1) is 5.84. The Labute approximate surface area is 84.2 Å². The molecular formula is C9H17ClN2O. The number of hydrogen-bond donors (Lipinski definition) is 1. The summed E-state index contributed by atoms with van der Waals surface area (Å²) in [6.07, 6.45) is 0.840. The number of halogens is 1. The predicted molar refractivity (Wildman–Crippen MR) is 53.7 cm³/mol. The minimum Gasteiger partial charge on any atom is -0.368 e. The molecule has 0 radical (unpaired) electrons. The van der Waals surface area contributed by atoms with Crippen LogP contribution in [0.15, 0.2) is 0 Å². The summed E-state index contributed by atoms with van der Waals surface area (Å²) in [5, 5.41) is -0.128. The molecule has 0 aromatic heterocycles. The summed E-state index contributed by atoms with van der Waals surface area (Å²) in [6, 6.07) is -0.304. The van der Waals surface area contributed by atoms with Crippen molar-refractivity contribution in [2.24, 2.45) is 5.73 Å². The topological polar surface area (TPSA) is 46.3 Å². The smallest absolute Gasteiger partial charge is 0.236 e. The summed E-state index contributed by atoms with van der Waals surface area (Å²) in [5.74, 6) is -0.313. The first kappa shape index (κ1) is 10.8. The van der Waals surface area contributed by atoms with Crippen LogP contribution in [0, 0.1) is 0 Å². The Bertz CT molecular complexity index is 212. The lowest BCUT2D eigenvalue weighted by atomic mass is 10.0. The quantitative estimate of drug-likeness (QED) is 0.647. The maximum Gasteiger partial charge on any atom is 0.236 e. The van der Waals surface area contributed by atoms with E-state index in [0.717, 1.165) is 13.0 Å². The van der Waals surface area contributed by atoms with Crippen LogP contribution >= 0.6 is 11.6 Å². The second-order valence-electron chi connectivity index (χ2n) is 4.52. The van der Waals surface area contributed by atoms with Gasteiger partial charge in [0.15, 0.2) is 0 Å². The molecule has 13 heavy (non-hydrogen) atoms. The van der Waals surface area contributed by atoms with Crippen molar-refractivity contribution >= 4 is 17.5 Å². The molecule has 0 saturated carbocycles. The van der Waals surface area contributed by atoms with Gasteiger partial charge in [-0.05, 0) is 27.2 Å². The van der Waals surface area contributed by atoms with Gasteiger partial charge in [0.1, 0.15) is 6.04 Å². The van der Waals surface area contributed by atoms with Gasteiger partial charge in [0.2, 0.25) is 5.91 Å². The maximum atomic E-state index is 11.2. The Morgan fingerprint density at radius 1 is 1.54 bits per heavy atom. The van der Waals surface area contributed by atoms with Crippen molar-refractivity contribution in [1.29, 1.82) is 0 Å². The molecule has 1 saturated heterocycles. The number of nitrogens with two attached hydrogens (primary N) is 1. The number of likely N-dealkylation sites (tertiary alicyclic amines) is 1. The van der Waals surface area contributed by atoms with Crippen LogP contribution in [0.1, 0.15) is 27.2 Å². The molecule has 1 amide bonds. The number of rotatable bonds is 1. The third-order valence-corrected chi connectivity index (χ3v) is 2.93. The molecule has 3 nitrogen and oxygen atoms in total. The van der Waals surface area contributed by atoms with Gasteiger partial charge in [-0.3, -0.25) is 9.69 Å². The van der Waals surface area contributed by atoms with Crippen LogP contribution < -0.4 is 5.73 Å². The molecule has 1 fully saturated rings. The number of hydrogen-bond acceptors (Lipinski definition) is 2. The molecule has 2 N–H and O–H groups in total. The Hall–Kier alpha value is -0.280. The van der Waals surface area contributed by atoms with E-state index < -0.39 is 0 Å². The van der Waals surface area contributed by atoms with Gasteiger partial charge < -0.3 is 5.73 Å². The van der Waals surface area contributed by atoms with Gasteiger partial charge in [-0.25, -0.2) is 0 Å². The first-order valence-electron chi connectivity index (χ1n) is 4.54. The average molecular weight is 205 g/mol. The molecule has 2 atom stereocenters. The largest absolute Gasteiger partial charge is 0.368 e. The van der Waals surface area contributed by atoms with Crippen molar-refractivity contribution < 1.29 is 4.79 Å². The second-order valence-corrected chi connectivity index (χ2v) is 5.08. The number of carbonyl (C=O) groups excluding carboxylic acids is 1. The van der Waals surface area contributed by atoms with Gasteiger partial charge in [0.25, 0.3) is 0 Å². The van der Waals surface area contributed by atoms with E-state index in [1.165, 1.54) is 0 Å². The first-order valence-corrected chi connectivity index (χ1v) is 4.98. The highest BCUT2D eigenvalue weighted by Gasteiger charge is 2.41. The van der Waals surface area contributed by atoms with Crippen LogP contribution in [0.25, 0.3) is 0 Å². The minimum absolute atomic E-state index is 0.0384. The molecule has 0 unspecified atom stereocenters. The lowest BCUT2D eigenvalue weighted by Crippen LogP contribution is -2.52. The monoisotopic (exact) mass is 204 g/mol. The Balaban J connectivity index is 2.82. The zero-order chi connectivity index (χ0) is 10.2. The number of amides is 1. The van der Waals surface area contributed by atoms with Gasteiger partial charge in [-0.2, -0.15) is 0 Å². The van der Waals surface area contributed by atoms with Crippen molar-refractivity contribution in [2.75, 3.05) is 6.54 Å². The van der Waals surface area contributed by atoms with Crippen molar-refractivity contribution in [3.8, 4) is 0 Å². The van der Waals surface area contributed by atoms with Gasteiger partial charge in [0.05, 0.1) is 5.38 Å². The van der Waals surface area contributed by atoms with E-state index in [1.54, 1.807) is 0 Å². The van der Waals surface area contributed by atoms with Crippen molar-refractivity contribution in [3.63, 3.8) is 0 Å². The highest BCUT2D eigenvalue weighted by molar-refractivity contribution is 6.23. The number of primary amides is 1. The van der Waals surface area contributed by atoms with Gasteiger partial charge in [0, 0.05) is 12.1 Å². The lowest BCUT2D eigenvalue weighted by molar-refractivity contribution is -0.123. The van der Waals surface area contributed by atoms with Crippen LogP contribution in [0.2, 0.25) is 0 Å². The number of alkyl halides is 1. The summed E-state index contributed by atoms with van der Waals surface area (Å²) in [5.41, 5.74) is 5.27. The number of carbonyl (C=O) groups is 1. The summed E-state index contributed by atoms with van der Waals surface area (Å²) in [4.78, 5) is 13.2. The Kier molecular flexibility index (Phi) is 2.88. The van der Waals surface area contributed by atoms with Crippen molar-refractivity contribution in [3.05, 3.63) is 0 Å². The molecule has 0 aromatic carbocycles. The molecule has 1 heterocycles. The van der Waals surface area contributed by atoms with E-state index in [4.69, 9.17) is 17.3 Å². The molecule has 0 aliphatic carbocycles. The Morgan fingerprint density at radius 3 is 2.38 bits per heavy atom. The molecule has 0 bridgehead atoms. The van der Waals surface area contributed by atoms with E-state index in [2.05, 4.69) is 25.7 Å². The Morgan fingerprint density at radius 2 is 2.08 bits per heavy atom.